The lowest BCUT2D eigenvalue weighted by molar-refractivity contribution is 0.366. The molecule has 0 saturated carbocycles. The molecule has 0 fully saturated rings. The smallest absolute Gasteiger partial charge is 0.263 e. The molecule has 0 saturated heterocycles. The largest absolute Gasteiger partial charge is 0.355 e. The van der Waals surface area contributed by atoms with Gasteiger partial charge in [0, 0.05) is 11.6 Å². The van der Waals surface area contributed by atoms with Gasteiger partial charge >= 0.3 is 0 Å². The van der Waals surface area contributed by atoms with Crippen molar-refractivity contribution in [3.63, 3.8) is 0 Å². The molecule has 2 heterocycles. The molecule has 3 rings (SSSR count). The van der Waals surface area contributed by atoms with Gasteiger partial charge in [0.2, 0.25) is 5.95 Å². The molecular formula is C17H20ClN5O. The first-order valence-corrected chi connectivity index (χ1v) is 8.19. The lowest BCUT2D eigenvalue weighted by Gasteiger charge is -2.19. The van der Waals surface area contributed by atoms with Crippen LogP contribution in [0.3, 0.4) is 0 Å². The number of rotatable bonds is 4. The van der Waals surface area contributed by atoms with Crippen LogP contribution in [0.4, 0.5) is 5.95 Å². The van der Waals surface area contributed by atoms with Crippen molar-refractivity contribution >= 4 is 28.6 Å². The van der Waals surface area contributed by atoms with Crippen LogP contribution in [0.15, 0.2) is 35.3 Å². The van der Waals surface area contributed by atoms with E-state index >= 15 is 0 Å². The summed E-state index contributed by atoms with van der Waals surface area (Å²) in [5.74, 6) is 0.451. The summed E-state index contributed by atoms with van der Waals surface area (Å²) in [6, 6.07) is 7.70. The highest BCUT2D eigenvalue weighted by atomic mass is 35.5. The topological polar surface area (TPSA) is 75.6 Å². The number of anilines is 1. The van der Waals surface area contributed by atoms with Crippen molar-refractivity contribution in [1.82, 2.24) is 19.7 Å². The van der Waals surface area contributed by atoms with E-state index in [0.29, 0.717) is 23.5 Å². The third-order valence-electron chi connectivity index (χ3n) is 3.69. The van der Waals surface area contributed by atoms with Crippen molar-refractivity contribution in [2.75, 3.05) is 11.9 Å². The zero-order valence-corrected chi connectivity index (χ0v) is 14.7. The SMILES string of the molecule is CC(C)(C)n1ncc2c(=O)[nH]c(NCCc3ccc(Cl)cc3)nc21. The summed E-state index contributed by atoms with van der Waals surface area (Å²) in [7, 11) is 0. The third-order valence-corrected chi connectivity index (χ3v) is 3.94. The quantitative estimate of drug-likeness (QED) is 0.761. The van der Waals surface area contributed by atoms with Crippen LogP contribution in [0.25, 0.3) is 11.0 Å². The minimum Gasteiger partial charge on any atom is -0.355 e. The molecule has 24 heavy (non-hydrogen) atoms. The number of fused-ring (bicyclic) bond motifs is 1. The van der Waals surface area contributed by atoms with Gasteiger partial charge in [-0.25, -0.2) is 4.68 Å². The van der Waals surface area contributed by atoms with Gasteiger partial charge in [0.25, 0.3) is 5.56 Å². The van der Waals surface area contributed by atoms with Crippen LogP contribution in [-0.2, 0) is 12.0 Å². The fraction of sp³-hybridized carbons (Fsp3) is 0.353. The number of halogens is 1. The van der Waals surface area contributed by atoms with E-state index < -0.39 is 0 Å². The molecule has 0 radical (unpaired) electrons. The molecule has 3 aromatic rings. The maximum atomic E-state index is 12.2. The Morgan fingerprint density at radius 2 is 1.96 bits per heavy atom. The highest BCUT2D eigenvalue weighted by Gasteiger charge is 2.19. The van der Waals surface area contributed by atoms with E-state index in [1.54, 1.807) is 10.9 Å². The number of hydrogen-bond donors (Lipinski definition) is 2. The molecule has 7 heteroatoms. The number of benzene rings is 1. The maximum absolute atomic E-state index is 12.2. The lowest BCUT2D eigenvalue weighted by Crippen LogP contribution is -2.24. The average Bonchev–Trinajstić information content (AvgIpc) is 2.94. The molecule has 2 aromatic heterocycles. The Hall–Kier alpha value is -2.34. The van der Waals surface area contributed by atoms with Crippen LogP contribution < -0.4 is 10.9 Å². The molecule has 2 N–H and O–H groups in total. The molecular weight excluding hydrogens is 326 g/mol. The number of aromatic nitrogens is 4. The molecule has 126 valence electrons. The zero-order chi connectivity index (χ0) is 17.3. The standard InChI is InChI=1S/C17H20ClN5O/c1-17(2,3)23-14-13(10-20-23)15(24)22-16(21-14)19-9-8-11-4-6-12(18)7-5-11/h4-7,10H,8-9H2,1-3H3,(H2,19,21,22,24). The van der Waals surface area contributed by atoms with Gasteiger partial charge in [-0.15, -0.1) is 0 Å². The number of aromatic amines is 1. The zero-order valence-electron chi connectivity index (χ0n) is 13.9. The molecule has 6 nitrogen and oxygen atoms in total. The van der Waals surface area contributed by atoms with E-state index in [2.05, 4.69) is 20.4 Å². The summed E-state index contributed by atoms with van der Waals surface area (Å²) in [5, 5.41) is 8.68. The lowest BCUT2D eigenvalue weighted by atomic mass is 10.1. The number of nitrogens with zero attached hydrogens (tertiary/aromatic N) is 3. The first kappa shape index (κ1) is 16.5. The van der Waals surface area contributed by atoms with Crippen LogP contribution >= 0.6 is 11.6 Å². The Morgan fingerprint density at radius 3 is 2.62 bits per heavy atom. The minimum absolute atomic E-state index is 0.190. The van der Waals surface area contributed by atoms with Gasteiger partial charge in [0.15, 0.2) is 5.65 Å². The van der Waals surface area contributed by atoms with Crippen molar-refractivity contribution in [2.24, 2.45) is 0 Å². The van der Waals surface area contributed by atoms with Crippen LogP contribution in [0, 0.1) is 0 Å². The van der Waals surface area contributed by atoms with Crippen molar-refractivity contribution < 1.29 is 0 Å². The molecule has 0 aliphatic carbocycles. The summed E-state index contributed by atoms with van der Waals surface area (Å²) in [6.07, 6.45) is 2.36. The van der Waals surface area contributed by atoms with Crippen molar-refractivity contribution in [2.45, 2.75) is 32.7 Å². The van der Waals surface area contributed by atoms with E-state index in [4.69, 9.17) is 11.6 Å². The van der Waals surface area contributed by atoms with Gasteiger partial charge in [-0.1, -0.05) is 23.7 Å². The summed E-state index contributed by atoms with van der Waals surface area (Å²) < 4.78 is 1.77. The molecule has 0 atom stereocenters. The van der Waals surface area contributed by atoms with Gasteiger partial charge in [0.1, 0.15) is 5.39 Å². The average molecular weight is 346 g/mol. The normalized spacial score (nSPS) is 11.8. The fourth-order valence-electron chi connectivity index (χ4n) is 2.47. The van der Waals surface area contributed by atoms with Crippen LogP contribution in [-0.4, -0.2) is 26.3 Å². The van der Waals surface area contributed by atoms with Crippen molar-refractivity contribution in [1.29, 1.82) is 0 Å². The minimum atomic E-state index is -0.247. The second-order valence-electron chi connectivity index (χ2n) is 6.68. The predicted octanol–water partition coefficient (Wildman–Crippen LogP) is 3.18. The Morgan fingerprint density at radius 1 is 1.25 bits per heavy atom. The van der Waals surface area contributed by atoms with Crippen molar-refractivity contribution in [3.05, 3.63) is 51.4 Å². The molecule has 0 bridgehead atoms. The van der Waals surface area contributed by atoms with E-state index in [1.165, 1.54) is 0 Å². The van der Waals surface area contributed by atoms with Crippen LogP contribution in [0.2, 0.25) is 5.02 Å². The first-order valence-electron chi connectivity index (χ1n) is 7.81. The van der Waals surface area contributed by atoms with Gasteiger partial charge in [-0.2, -0.15) is 10.1 Å². The van der Waals surface area contributed by atoms with E-state index in [0.717, 1.165) is 17.0 Å². The third kappa shape index (κ3) is 3.43. The molecule has 1 aromatic carbocycles. The number of H-pyrrole nitrogens is 1. The highest BCUT2D eigenvalue weighted by Crippen LogP contribution is 2.18. The molecule has 0 amide bonds. The highest BCUT2D eigenvalue weighted by molar-refractivity contribution is 6.30. The summed E-state index contributed by atoms with van der Waals surface area (Å²) in [4.78, 5) is 19.5. The number of hydrogen-bond acceptors (Lipinski definition) is 4. The molecule has 0 aliphatic heterocycles. The second-order valence-corrected chi connectivity index (χ2v) is 7.12. The summed E-state index contributed by atoms with van der Waals surface area (Å²) in [6.45, 7) is 6.72. The first-order chi connectivity index (χ1) is 11.3. The summed E-state index contributed by atoms with van der Waals surface area (Å²) in [5.41, 5.74) is 1.31. The van der Waals surface area contributed by atoms with Gasteiger partial charge in [0.05, 0.1) is 11.7 Å². The number of nitrogens with one attached hydrogen (secondary N) is 2. The molecule has 0 unspecified atom stereocenters. The Balaban J connectivity index is 1.79. The Kier molecular flexibility index (Phi) is 4.32. The second kappa shape index (κ2) is 6.28. The Bertz CT molecular complexity index is 905. The van der Waals surface area contributed by atoms with E-state index in [-0.39, 0.29) is 11.1 Å². The fourth-order valence-corrected chi connectivity index (χ4v) is 2.60. The summed E-state index contributed by atoms with van der Waals surface area (Å²) >= 11 is 5.88. The van der Waals surface area contributed by atoms with Crippen LogP contribution in [0.1, 0.15) is 26.3 Å². The maximum Gasteiger partial charge on any atom is 0.263 e. The Labute approximate surface area is 144 Å². The van der Waals surface area contributed by atoms with Crippen molar-refractivity contribution in [3.8, 4) is 0 Å². The van der Waals surface area contributed by atoms with E-state index in [1.807, 2.05) is 45.0 Å². The van der Waals surface area contributed by atoms with E-state index in [9.17, 15) is 4.79 Å². The van der Waals surface area contributed by atoms with Gasteiger partial charge in [-0.3, -0.25) is 9.78 Å². The van der Waals surface area contributed by atoms with Gasteiger partial charge < -0.3 is 5.32 Å². The van der Waals surface area contributed by atoms with Gasteiger partial charge in [-0.05, 0) is 44.9 Å². The predicted molar refractivity (Wildman–Crippen MR) is 96.8 cm³/mol. The van der Waals surface area contributed by atoms with Crippen LogP contribution in [0.5, 0.6) is 0 Å². The monoisotopic (exact) mass is 345 g/mol. The molecule has 0 spiro atoms. The molecule has 0 aliphatic rings.